The fourth-order valence-corrected chi connectivity index (χ4v) is 3.97. The third-order valence-corrected chi connectivity index (χ3v) is 6.00. The molecule has 0 radical (unpaired) electrons. The quantitative estimate of drug-likeness (QED) is 0.468. The molecule has 0 aliphatic carbocycles. The molecule has 2 aliphatic heterocycles. The van der Waals surface area contributed by atoms with Crippen LogP contribution in [0.25, 0.3) is 6.08 Å². The van der Waals surface area contributed by atoms with Crippen LogP contribution in [0.3, 0.4) is 0 Å². The van der Waals surface area contributed by atoms with Gasteiger partial charge in [0.15, 0.2) is 5.11 Å². The van der Waals surface area contributed by atoms with Gasteiger partial charge in [-0.15, -0.1) is 0 Å². The largest absolute Gasteiger partial charge is 0.369 e. The lowest BCUT2D eigenvalue weighted by Crippen LogP contribution is -2.52. The summed E-state index contributed by atoms with van der Waals surface area (Å²) in [7, 11) is 3.69. The molecule has 3 rings (SSSR count). The van der Waals surface area contributed by atoms with E-state index in [2.05, 4.69) is 50.2 Å². The molecule has 0 saturated carbocycles. The lowest BCUT2D eigenvalue weighted by Gasteiger charge is -2.45. The van der Waals surface area contributed by atoms with E-state index in [9.17, 15) is 9.59 Å². The fraction of sp³-hybridized carbons (Fsp3) is 0.450. The number of thiocarbonyl (C=S) groups is 1. The maximum Gasteiger partial charge on any atom is 0.265 e. The predicted molar refractivity (Wildman–Crippen MR) is 108 cm³/mol. The summed E-state index contributed by atoms with van der Waals surface area (Å²) in [6.45, 7) is 8.74. The van der Waals surface area contributed by atoms with Crippen molar-refractivity contribution in [2.45, 2.75) is 45.6 Å². The molecule has 0 aromatic heterocycles. The Hall–Kier alpha value is -2.21. The fourth-order valence-electron chi connectivity index (χ4n) is 3.79. The second-order valence-corrected chi connectivity index (χ2v) is 8.31. The molecule has 1 N–H and O–H groups in total. The molecule has 1 saturated heterocycles. The van der Waals surface area contributed by atoms with E-state index < -0.39 is 5.91 Å². The lowest BCUT2D eigenvalue weighted by atomic mass is 9.79. The molecule has 138 valence electrons. The van der Waals surface area contributed by atoms with Crippen molar-refractivity contribution in [3.8, 4) is 0 Å². The summed E-state index contributed by atoms with van der Waals surface area (Å²) in [4.78, 5) is 28.3. The Kier molecular flexibility index (Phi) is 4.43. The van der Waals surface area contributed by atoms with Crippen LogP contribution in [0.4, 0.5) is 5.69 Å². The minimum Gasteiger partial charge on any atom is -0.369 e. The number of likely N-dealkylation sites (N-methyl/N-ethyl adjacent to an activating group) is 1. The van der Waals surface area contributed by atoms with Crippen molar-refractivity contribution in [2.75, 3.05) is 19.0 Å². The molecule has 6 heteroatoms. The van der Waals surface area contributed by atoms with Crippen LogP contribution in [0.2, 0.25) is 0 Å². The first kappa shape index (κ1) is 18.6. The highest BCUT2D eigenvalue weighted by Gasteiger charge is 2.35. The van der Waals surface area contributed by atoms with Gasteiger partial charge in [0.1, 0.15) is 5.57 Å². The van der Waals surface area contributed by atoms with Crippen molar-refractivity contribution in [1.82, 2.24) is 10.2 Å². The molecule has 0 spiro atoms. The van der Waals surface area contributed by atoms with Gasteiger partial charge >= 0.3 is 0 Å². The topological polar surface area (TPSA) is 52.7 Å². The van der Waals surface area contributed by atoms with E-state index >= 15 is 0 Å². The van der Waals surface area contributed by atoms with Crippen molar-refractivity contribution in [3.63, 3.8) is 0 Å². The maximum atomic E-state index is 12.5. The Bertz CT molecular complexity index is 857. The molecular formula is C20H25N3O2S. The van der Waals surface area contributed by atoms with E-state index in [1.54, 1.807) is 13.1 Å². The number of nitrogens with zero attached hydrogens (tertiary/aromatic N) is 2. The van der Waals surface area contributed by atoms with Gasteiger partial charge in [-0.3, -0.25) is 19.8 Å². The molecule has 0 unspecified atom stereocenters. The Balaban J connectivity index is 2.08. The molecular weight excluding hydrogens is 346 g/mol. The minimum absolute atomic E-state index is 0.0937. The average molecular weight is 372 g/mol. The molecule has 2 heterocycles. The number of anilines is 1. The van der Waals surface area contributed by atoms with Crippen LogP contribution in [-0.4, -0.2) is 41.5 Å². The van der Waals surface area contributed by atoms with Crippen LogP contribution in [-0.2, 0) is 9.59 Å². The molecule has 1 aromatic carbocycles. The minimum atomic E-state index is -0.443. The smallest absolute Gasteiger partial charge is 0.265 e. The Morgan fingerprint density at radius 1 is 1.27 bits per heavy atom. The first-order valence-corrected chi connectivity index (χ1v) is 9.17. The van der Waals surface area contributed by atoms with Crippen LogP contribution in [0, 0.1) is 6.92 Å². The zero-order chi connectivity index (χ0) is 19.4. The number of amides is 2. The van der Waals surface area contributed by atoms with Crippen molar-refractivity contribution < 1.29 is 9.59 Å². The van der Waals surface area contributed by atoms with E-state index in [0.717, 1.165) is 17.5 Å². The highest BCUT2D eigenvalue weighted by atomic mass is 32.1. The summed E-state index contributed by atoms with van der Waals surface area (Å²) < 4.78 is 0. The van der Waals surface area contributed by atoms with Crippen LogP contribution in [0.1, 0.15) is 49.8 Å². The van der Waals surface area contributed by atoms with E-state index in [1.807, 2.05) is 6.92 Å². The van der Waals surface area contributed by atoms with Crippen molar-refractivity contribution in [1.29, 1.82) is 0 Å². The number of hydrogen-bond acceptors (Lipinski definition) is 4. The second-order valence-electron chi connectivity index (χ2n) is 7.93. The Morgan fingerprint density at radius 2 is 1.92 bits per heavy atom. The van der Waals surface area contributed by atoms with Gasteiger partial charge in [0.2, 0.25) is 0 Å². The third-order valence-electron chi connectivity index (χ3n) is 5.63. The summed E-state index contributed by atoms with van der Waals surface area (Å²) in [5.41, 5.74) is 4.59. The number of fused-ring (bicyclic) bond motifs is 1. The monoisotopic (exact) mass is 371 g/mol. The first-order valence-electron chi connectivity index (χ1n) is 8.76. The summed E-state index contributed by atoms with van der Waals surface area (Å²) in [6.07, 6.45) is 2.73. The highest BCUT2D eigenvalue weighted by molar-refractivity contribution is 7.80. The van der Waals surface area contributed by atoms with Crippen molar-refractivity contribution in [2.24, 2.45) is 0 Å². The van der Waals surface area contributed by atoms with Gasteiger partial charge < -0.3 is 4.90 Å². The van der Waals surface area contributed by atoms with Crippen LogP contribution >= 0.6 is 12.2 Å². The molecule has 1 atom stereocenters. The standard InChI is InChI=1S/C20H25N3O2S/c1-11-7-16-14(12(2)10-20(3,4)23(16)6)8-13(11)9-15-17(24)21-19(26)22(5)18(15)25/h7-9,12H,10H2,1-6H3,(H,21,24,26)/b15-9+/t12-/m1/s1. The normalized spacial score (nSPS) is 24.0. The predicted octanol–water partition coefficient (Wildman–Crippen LogP) is 2.97. The van der Waals surface area contributed by atoms with Gasteiger partial charge in [0, 0.05) is 25.3 Å². The third kappa shape index (κ3) is 2.92. The van der Waals surface area contributed by atoms with Gasteiger partial charge in [-0.05, 0) is 80.2 Å². The summed E-state index contributed by atoms with van der Waals surface area (Å²) in [5, 5.41) is 2.70. The number of carbonyl (C=O) groups excluding carboxylic acids is 2. The average Bonchev–Trinajstić information content (AvgIpc) is 2.55. The Labute approximate surface area is 160 Å². The van der Waals surface area contributed by atoms with Crippen LogP contribution < -0.4 is 10.2 Å². The molecule has 1 aromatic rings. The number of aryl methyl sites for hydroxylation is 1. The number of nitrogens with one attached hydrogen (secondary N) is 1. The maximum absolute atomic E-state index is 12.5. The summed E-state index contributed by atoms with van der Waals surface area (Å²) >= 11 is 5.00. The lowest BCUT2D eigenvalue weighted by molar-refractivity contribution is -0.128. The van der Waals surface area contributed by atoms with Crippen molar-refractivity contribution in [3.05, 3.63) is 34.4 Å². The number of hydrogen-bond donors (Lipinski definition) is 1. The molecule has 5 nitrogen and oxygen atoms in total. The number of carbonyl (C=O) groups is 2. The van der Waals surface area contributed by atoms with E-state index in [0.29, 0.717) is 5.92 Å². The SMILES string of the molecule is Cc1cc2c(cc1/C=C1\C(=O)NC(=S)N(C)C1=O)[C@H](C)CC(C)(C)N2C. The number of rotatable bonds is 1. The van der Waals surface area contributed by atoms with Gasteiger partial charge in [0.05, 0.1) is 0 Å². The van der Waals surface area contributed by atoms with E-state index in [1.165, 1.54) is 16.2 Å². The first-order chi connectivity index (χ1) is 12.0. The number of benzene rings is 1. The van der Waals surface area contributed by atoms with Gasteiger partial charge in [-0.1, -0.05) is 6.92 Å². The van der Waals surface area contributed by atoms with Gasteiger partial charge in [-0.2, -0.15) is 0 Å². The summed E-state index contributed by atoms with van der Waals surface area (Å²) in [6, 6.07) is 4.26. The highest BCUT2D eigenvalue weighted by Crippen LogP contribution is 2.43. The molecule has 1 fully saturated rings. The van der Waals surface area contributed by atoms with E-state index in [4.69, 9.17) is 12.2 Å². The zero-order valence-electron chi connectivity index (χ0n) is 16.1. The molecule has 0 bridgehead atoms. The van der Waals surface area contributed by atoms with E-state index in [-0.39, 0.29) is 22.1 Å². The van der Waals surface area contributed by atoms with Gasteiger partial charge in [0.25, 0.3) is 11.8 Å². The Morgan fingerprint density at radius 3 is 2.58 bits per heavy atom. The molecule has 26 heavy (non-hydrogen) atoms. The zero-order valence-corrected chi connectivity index (χ0v) is 17.0. The van der Waals surface area contributed by atoms with Crippen LogP contribution in [0.5, 0.6) is 0 Å². The molecule has 2 amide bonds. The molecule has 2 aliphatic rings. The van der Waals surface area contributed by atoms with Gasteiger partial charge in [-0.25, -0.2) is 0 Å². The van der Waals surface area contributed by atoms with Crippen LogP contribution in [0.15, 0.2) is 17.7 Å². The second kappa shape index (κ2) is 6.20. The van der Waals surface area contributed by atoms with Crippen molar-refractivity contribution >= 4 is 40.9 Å². The summed E-state index contributed by atoms with van der Waals surface area (Å²) in [5.74, 6) is -0.413.